The van der Waals surface area contributed by atoms with Crippen molar-refractivity contribution in [2.24, 2.45) is 11.8 Å². The first-order chi connectivity index (χ1) is 15.0. The topological polar surface area (TPSA) is 75.7 Å². The van der Waals surface area contributed by atoms with E-state index < -0.39 is 11.8 Å². The van der Waals surface area contributed by atoms with Gasteiger partial charge in [0.15, 0.2) is 0 Å². The van der Waals surface area contributed by atoms with Crippen LogP contribution in [0, 0.1) is 18.8 Å². The number of nitrogens with zero attached hydrogens (tertiary/aromatic N) is 1. The van der Waals surface area contributed by atoms with Gasteiger partial charge >= 0.3 is 5.97 Å². The van der Waals surface area contributed by atoms with Gasteiger partial charge < -0.3 is 15.0 Å². The lowest BCUT2D eigenvalue weighted by atomic mass is 9.98. The monoisotopic (exact) mass is 422 g/mol. The van der Waals surface area contributed by atoms with Crippen molar-refractivity contribution in [3.05, 3.63) is 71.3 Å². The van der Waals surface area contributed by atoms with E-state index in [4.69, 9.17) is 4.74 Å². The zero-order valence-electron chi connectivity index (χ0n) is 18.2. The van der Waals surface area contributed by atoms with Crippen LogP contribution in [-0.4, -0.2) is 42.4 Å². The van der Waals surface area contributed by atoms with Gasteiger partial charge in [0.2, 0.25) is 11.8 Å². The number of hydrogen-bond acceptors (Lipinski definition) is 4. The summed E-state index contributed by atoms with van der Waals surface area (Å²) < 4.78 is 5.19. The third kappa shape index (κ3) is 6.41. The van der Waals surface area contributed by atoms with Gasteiger partial charge in [0.1, 0.15) is 0 Å². The average molecular weight is 423 g/mol. The Kier molecular flexibility index (Phi) is 7.82. The molecule has 1 heterocycles. The maximum Gasteiger partial charge on any atom is 0.311 e. The van der Waals surface area contributed by atoms with Gasteiger partial charge in [-0.3, -0.25) is 14.4 Å². The number of esters is 1. The molecule has 1 N–H and O–H groups in total. The fourth-order valence-corrected chi connectivity index (χ4v) is 3.78. The van der Waals surface area contributed by atoms with Gasteiger partial charge in [0.25, 0.3) is 0 Å². The van der Waals surface area contributed by atoms with Crippen LogP contribution in [0.4, 0.5) is 0 Å². The van der Waals surface area contributed by atoms with Gasteiger partial charge in [-0.25, -0.2) is 0 Å². The molecular weight excluding hydrogens is 392 g/mol. The van der Waals surface area contributed by atoms with Gasteiger partial charge in [-0.2, -0.15) is 0 Å². The number of hydrogen-bond donors (Lipinski definition) is 1. The van der Waals surface area contributed by atoms with E-state index in [2.05, 4.69) is 5.32 Å². The van der Waals surface area contributed by atoms with E-state index in [0.29, 0.717) is 26.1 Å². The zero-order chi connectivity index (χ0) is 22.2. The lowest BCUT2D eigenvalue weighted by Gasteiger charge is -2.19. The van der Waals surface area contributed by atoms with Crippen molar-refractivity contribution >= 4 is 17.8 Å². The highest BCUT2D eigenvalue weighted by Gasteiger charge is 2.34. The number of aryl methyl sites for hydroxylation is 1. The minimum atomic E-state index is -0.466. The maximum absolute atomic E-state index is 12.7. The molecule has 31 heavy (non-hydrogen) atoms. The Labute approximate surface area is 183 Å². The molecule has 2 amide bonds. The van der Waals surface area contributed by atoms with Crippen LogP contribution in [0.15, 0.2) is 54.6 Å². The van der Waals surface area contributed by atoms with Crippen molar-refractivity contribution < 1.29 is 19.1 Å². The minimum absolute atomic E-state index is 0.0213. The number of likely N-dealkylation sites (tertiary alicyclic amines) is 1. The third-order valence-electron chi connectivity index (χ3n) is 5.55. The summed E-state index contributed by atoms with van der Waals surface area (Å²) in [5, 5.41) is 2.88. The molecule has 2 unspecified atom stereocenters. The van der Waals surface area contributed by atoms with Crippen LogP contribution in [0.5, 0.6) is 0 Å². The largest absolute Gasteiger partial charge is 0.466 e. The molecule has 0 saturated carbocycles. The van der Waals surface area contributed by atoms with Crippen LogP contribution in [0.1, 0.15) is 30.0 Å². The summed E-state index contributed by atoms with van der Waals surface area (Å²) in [6.45, 7) is 5.16. The molecule has 6 heteroatoms. The molecule has 0 aliphatic carbocycles. The Balaban J connectivity index is 1.55. The molecule has 0 spiro atoms. The SMILES string of the molecule is CCOC(=O)C(CNC(=O)C1CC(=O)N(Cc2ccc(C)cc2)C1)Cc1ccccc1. The highest BCUT2D eigenvalue weighted by atomic mass is 16.5. The number of amides is 2. The number of benzene rings is 2. The molecule has 0 radical (unpaired) electrons. The minimum Gasteiger partial charge on any atom is -0.466 e. The second kappa shape index (κ2) is 10.8. The number of rotatable bonds is 9. The summed E-state index contributed by atoms with van der Waals surface area (Å²) in [5.74, 6) is -1.41. The summed E-state index contributed by atoms with van der Waals surface area (Å²) in [4.78, 5) is 39.2. The van der Waals surface area contributed by atoms with Crippen LogP contribution in [0.3, 0.4) is 0 Å². The van der Waals surface area contributed by atoms with Crippen molar-refractivity contribution in [1.29, 1.82) is 0 Å². The average Bonchev–Trinajstić information content (AvgIpc) is 3.13. The Morgan fingerprint density at radius 2 is 1.81 bits per heavy atom. The first kappa shape index (κ1) is 22.5. The molecule has 3 rings (SSSR count). The molecule has 1 aliphatic heterocycles. The molecule has 0 aromatic heterocycles. The Morgan fingerprint density at radius 1 is 1.10 bits per heavy atom. The van der Waals surface area contributed by atoms with Gasteiger partial charge in [-0.15, -0.1) is 0 Å². The predicted octanol–water partition coefficient (Wildman–Crippen LogP) is 2.88. The highest BCUT2D eigenvalue weighted by Crippen LogP contribution is 2.21. The van der Waals surface area contributed by atoms with Gasteiger partial charge in [-0.1, -0.05) is 60.2 Å². The summed E-state index contributed by atoms with van der Waals surface area (Å²) in [6, 6.07) is 17.7. The number of nitrogens with one attached hydrogen (secondary N) is 1. The highest BCUT2D eigenvalue weighted by molar-refractivity contribution is 5.89. The van der Waals surface area contributed by atoms with Crippen LogP contribution in [-0.2, 0) is 32.1 Å². The molecular formula is C25H30N2O4. The molecule has 1 fully saturated rings. The van der Waals surface area contributed by atoms with Crippen molar-refractivity contribution in [1.82, 2.24) is 10.2 Å². The van der Waals surface area contributed by atoms with E-state index in [1.54, 1.807) is 11.8 Å². The molecule has 164 valence electrons. The fraction of sp³-hybridized carbons (Fsp3) is 0.400. The van der Waals surface area contributed by atoms with E-state index in [1.807, 2.05) is 61.5 Å². The quantitative estimate of drug-likeness (QED) is 0.631. The lowest BCUT2D eigenvalue weighted by molar-refractivity contribution is -0.148. The van der Waals surface area contributed by atoms with Crippen LogP contribution >= 0.6 is 0 Å². The normalized spacial score (nSPS) is 16.8. The first-order valence-corrected chi connectivity index (χ1v) is 10.8. The number of carbonyl (C=O) groups excluding carboxylic acids is 3. The number of ether oxygens (including phenoxy) is 1. The van der Waals surface area contributed by atoms with Crippen molar-refractivity contribution in [3.8, 4) is 0 Å². The van der Waals surface area contributed by atoms with Crippen LogP contribution in [0.2, 0.25) is 0 Å². The molecule has 6 nitrogen and oxygen atoms in total. The van der Waals surface area contributed by atoms with E-state index >= 15 is 0 Å². The standard InChI is InChI=1S/C25H30N2O4/c1-3-31-25(30)21(13-19-7-5-4-6-8-19)15-26-24(29)22-14-23(28)27(17-22)16-20-11-9-18(2)10-12-20/h4-12,21-22H,3,13-17H2,1-2H3,(H,26,29). The van der Waals surface area contributed by atoms with Crippen molar-refractivity contribution in [2.75, 3.05) is 19.7 Å². The van der Waals surface area contributed by atoms with E-state index in [1.165, 1.54) is 5.56 Å². The second-order valence-corrected chi connectivity index (χ2v) is 8.04. The van der Waals surface area contributed by atoms with E-state index in [9.17, 15) is 14.4 Å². The van der Waals surface area contributed by atoms with Crippen LogP contribution in [0.25, 0.3) is 0 Å². The Hall–Kier alpha value is -3.15. The fourth-order valence-electron chi connectivity index (χ4n) is 3.78. The second-order valence-electron chi connectivity index (χ2n) is 8.04. The summed E-state index contributed by atoms with van der Waals surface area (Å²) >= 11 is 0. The van der Waals surface area contributed by atoms with Gasteiger partial charge in [0, 0.05) is 26.1 Å². The van der Waals surface area contributed by atoms with Crippen molar-refractivity contribution in [2.45, 2.75) is 33.2 Å². The first-order valence-electron chi connectivity index (χ1n) is 10.8. The van der Waals surface area contributed by atoms with Crippen LogP contribution < -0.4 is 5.32 Å². The summed E-state index contributed by atoms with van der Waals surface area (Å²) in [6.07, 6.45) is 0.684. The van der Waals surface area contributed by atoms with Gasteiger partial charge in [0.05, 0.1) is 18.4 Å². The summed E-state index contributed by atoms with van der Waals surface area (Å²) in [7, 11) is 0. The van der Waals surface area contributed by atoms with E-state index in [-0.39, 0.29) is 30.7 Å². The Morgan fingerprint density at radius 3 is 2.48 bits per heavy atom. The van der Waals surface area contributed by atoms with Crippen molar-refractivity contribution in [3.63, 3.8) is 0 Å². The molecule has 2 atom stereocenters. The molecule has 0 bridgehead atoms. The third-order valence-corrected chi connectivity index (χ3v) is 5.55. The smallest absolute Gasteiger partial charge is 0.311 e. The lowest BCUT2D eigenvalue weighted by Crippen LogP contribution is -2.39. The molecule has 2 aromatic rings. The zero-order valence-corrected chi connectivity index (χ0v) is 18.2. The molecule has 1 aliphatic rings. The maximum atomic E-state index is 12.7. The number of carbonyl (C=O) groups is 3. The van der Waals surface area contributed by atoms with Gasteiger partial charge in [-0.05, 0) is 31.4 Å². The predicted molar refractivity (Wildman–Crippen MR) is 118 cm³/mol. The molecule has 2 aromatic carbocycles. The van der Waals surface area contributed by atoms with E-state index in [0.717, 1.165) is 11.1 Å². The summed E-state index contributed by atoms with van der Waals surface area (Å²) in [5.41, 5.74) is 3.22. The Bertz CT molecular complexity index is 895. The molecule has 1 saturated heterocycles.